The van der Waals surface area contributed by atoms with E-state index in [0.717, 1.165) is 43.9 Å². The molecule has 6 rings (SSSR count). The molecule has 3 aliphatic heterocycles. The van der Waals surface area contributed by atoms with Crippen molar-refractivity contribution in [1.82, 2.24) is 24.5 Å². The summed E-state index contributed by atoms with van der Waals surface area (Å²) >= 11 is 0. The van der Waals surface area contributed by atoms with Crippen LogP contribution in [0, 0.1) is 0 Å². The first-order chi connectivity index (χ1) is 16.0. The molecule has 0 N–H and O–H groups in total. The summed E-state index contributed by atoms with van der Waals surface area (Å²) in [5, 5.41) is 9.51. The minimum Gasteiger partial charge on any atom is -0.379 e. The number of hydrogen-bond acceptors (Lipinski definition) is 5. The van der Waals surface area contributed by atoms with Gasteiger partial charge in [0, 0.05) is 74.7 Å². The molecule has 1 saturated heterocycles. The van der Waals surface area contributed by atoms with Crippen molar-refractivity contribution in [2.75, 3.05) is 31.2 Å². The summed E-state index contributed by atoms with van der Waals surface area (Å²) in [6.45, 7) is 7.70. The maximum absolute atomic E-state index is 12.2. The third-order valence-corrected chi connectivity index (χ3v) is 7.36. The monoisotopic (exact) mass is 446 g/mol. The SMILES string of the molecule is CC(=O)N1CCc2c(c(N3CC(C)c4cc(-c5cnn(C)c5)ccc43)nn2C2CCOC2)C1. The fourth-order valence-corrected chi connectivity index (χ4v) is 5.55. The Kier molecular flexibility index (Phi) is 4.79. The van der Waals surface area contributed by atoms with E-state index in [9.17, 15) is 4.79 Å². The summed E-state index contributed by atoms with van der Waals surface area (Å²) in [7, 11) is 1.94. The van der Waals surface area contributed by atoms with E-state index >= 15 is 0 Å². The van der Waals surface area contributed by atoms with Gasteiger partial charge in [0.15, 0.2) is 5.82 Å². The zero-order chi connectivity index (χ0) is 22.7. The molecule has 0 bridgehead atoms. The van der Waals surface area contributed by atoms with E-state index in [1.54, 1.807) is 6.92 Å². The average Bonchev–Trinajstić information content (AvgIpc) is 3.59. The van der Waals surface area contributed by atoms with Gasteiger partial charge in [-0.1, -0.05) is 13.0 Å². The van der Waals surface area contributed by atoms with Crippen molar-refractivity contribution in [3.63, 3.8) is 0 Å². The van der Waals surface area contributed by atoms with Crippen LogP contribution in [0.3, 0.4) is 0 Å². The lowest BCUT2D eigenvalue weighted by molar-refractivity contribution is -0.129. The van der Waals surface area contributed by atoms with Crippen molar-refractivity contribution in [2.45, 2.75) is 45.2 Å². The van der Waals surface area contributed by atoms with Gasteiger partial charge in [0.25, 0.3) is 0 Å². The van der Waals surface area contributed by atoms with Crippen molar-refractivity contribution in [2.24, 2.45) is 7.05 Å². The quantitative estimate of drug-likeness (QED) is 0.617. The fourth-order valence-electron chi connectivity index (χ4n) is 5.55. The third kappa shape index (κ3) is 3.35. The summed E-state index contributed by atoms with van der Waals surface area (Å²) in [6, 6.07) is 6.98. The van der Waals surface area contributed by atoms with Crippen molar-refractivity contribution in [3.05, 3.63) is 47.4 Å². The van der Waals surface area contributed by atoms with Crippen LogP contribution in [0.1, 0.15) is 49.0 Å². The van der Waals surface area contributed by atoms with Gasteiger partial charge < -0.3 is 14.5 Å². The van der Waals surface area contributed by atoms with Gasteiger partial charge in [0.05, 0.1) is 25.4 Å². The number of fused-ring (bicyclic) bond motifs is 2. The van der Waals surface area contributed by atoms with Crippen LogP contribution in [0.4, 0.5) is 11.5 Å². The first kappa shape index (κ1) is 20.5. The number of rotatable bonds is 3. The van der Waals surface area contributed by atoms with Crippen LogP contribution in [0.5, 0.6) is 0 Å². The van der Waals surface area contributed by atoms with Gasteiger partial charge in [-0.2, -0.15) is 10.2 Å². The molecule has 0 aliphatic carbocycles. The smallest absolute Gasteiger partial charge is 0.219 e. The lowest BCUT2D eigenvalue weighted by atomic mass is 9.99. The molecule has 3 aromatic rings. The van der Waals surface area contributed by atoms with Gasteiger partial charge >= 0.3 is 0 Å². The first-order valence-corrected chi connectivity index (χ1v) is 11.8. The number of aromatic nitrogens is 4. The van der Waals surface area contributed by atoms with Crippen LogP contribution in [-0.2, 0) is 29.5 Å². The lowest BCUT2D eigenvalue weighted by Gasteiger charge is -2.28. The molecule has 5 heterocycles. The summed E-state index contributed by atoms with van der Waals surface area (Å²) in [6.07, 6.45) is 5.80. The summed E-state index contributed by atoms with van der Waals surface area (Å²) in [5.41, 5.74) is 7.33. The Morgan fingerprint density at radius 1 is 1.24 bits per heavy atom. The Morgan fingerprint density at radius 2 is 2.12 bits per heavy atom. The first-order valence-electron chi connectivity index (χ1n) is 11.8. The molecule has 0 saturated carbocycles. The van der Waals surface area contributed by atoms with E-state index in [0.29, 0.717) is 19.1 Å². The van der Waals surface area contributed by atoms with Crippen LogP contribution in [0.15, 0.2) is 30.6 Å². The van der Waals surface area contributed by atoms with E-state index < -0.39 is 0 Å². The minimum absolute atomic E-state index is 0.125. The Balaban J connectivity index is 1.42. The number of nitrogens with zero attached hydrogens (tertiary/aromatic N) is 6. The van der Waals surface area contributed by atoms with Gasteiger partial charge in [-0.15, -0.1) is 0 Å². The van der Waals surface area contributed by atoms with E-state index in [-0.39, 0.29) is 11.9 Å². The molecule has 2 aromatic heterocycles. The molecular weight excluding hydrogens is 416 g/mol. The molecule has 1 amide bonds. The highest BCUT2D eigenvalue weighted by Gasteiger charge is 2.36. The predicted octanol–water partition coefficient (Wildman–Crippen LogP) is 3.40. The number of benzene rings is 1. The number of carbonyl (C=O) groups excluding carboxylic acids is 1. The van der Waals surface area contributed by atoms with Crippen molar-refractivity contribution >= 4 is 17.4 Å². The van der Waals surface area contributed by atoms with Crippen LogP contribution in [0.2, 0.25) is 0 Å². The zero-order valence-electron chi connectivity index (χ0n) is 19.5. The van der Waals surface area contributed by atoms with E-state index in [2.05, 4.69) is 46.0 Å². The molecule has 3 aliphatic rings. The van der Waals surface area contributed by atoms with Crippen molar-refractivity contribution in [1.29, 1.82) is 0 Å². The molecule has 8 heteroatoms. The van der Waals surface area contributed by atoms with Crippen LogP contribution < -0.4 is 4.90 Å². The number of ether oxygens (including phenoxy) is 1. The number of amides is 1. The van der Waals surface area contributed by atoms with Gasteiger partial charge in [-0.3, -0.25) is 14.2 Å². The topological polar surface area (TPSA) is 68.4 Å². The van der Waals surface area contributed by atoms with E-state index in [1.807, 2.05) is 22.8 Å². The van der Waals surface area contributed by atoms with Crippen molar-refractivity contribution in [3.8, 4) is 11.1 Å². The second-order valence-corrected chi connectivity index (χ2v) is 9.59. The van der Waals surface area contributed by atoms with Gasteiger partial charge in [0.2, 0.25) is 5.91 Å². The molecule has 1 fully saturated rings. The number of aryl methyl sites for hydroxylation is 1. The van der Waals surface area contributed by atoms with Crippen LogP contribution in [0.25, 0.3) is 11.1 Å². The number of carbonyl (C=O) groups is 1. The molecule has 2 atom stereocenters. The fraction of sp³-hybridized carbons (Fsp3) is 0.480. The highest BCUT2D eigenvalue weighted by Crippen LogP contribution is 2.45. The summed E-state index contributed by atoms with van der Waals surface area (Å²) in [4.78, 5) is 16.5. The van der Waals surface area contributed by atoms with E-state index in [1.165, 1.54) is 28.1 Å². The highest BCUT2D eigenvalue weighted by atomic mass is 16.5. The van der Waals surface area contributed by atoms with E-state index in [4.69, 9.17) is 9.84 Å². The minimum atomic E-state index is 0.125. The second-order valence-electron chi connectivity index (χ2n) is 9.59. The van der Waals surface area contributed by atoms with Crippen LogP contribution in [-0.4, -0.2) is 56.7 Å². The largest absolute Gasteiger partial charge is 0.379 e. The molecular formula is C25H30N6O2. The zero-order valence-corrected chi connectivity index (χ0v) is 19.5. The van der Waals surface area contributed by atoms with Crippen LogP contribution >= 0.6 is 0 Å². The normalized spacial score (nSPS) is 22.0. The predicted molar refractivity (Wildman–Crippen MR) is 126 cm³/mol. The number of anilines is 2. The summed E-state index contributed by atoms with van der Waals surface area (Å²) in [5.74, 6) is 1.52. The molecule has 0 radical (unpaired) electrons. The Morgan fingerprint density at radius 3 is 2.85 bits per heavy atom. The molecule has 33 heavy (non-hydrogen) atoms. The molecule has 2 unspecified atom stereocenters. The van der Waals surface area contributed by atoms with Gasteiger partial charge in [-0.05, 0) is 29.7 Å². The summed E-state index contributed by atoms with van der Waals surface area (Å²) < 4.78 is 9.73. The molecule has 0 spiro atoms. The standard InChI is InChI=1S/C25H30N6O2/c1-16-12-30(23-5-4-18(10-21(16)23)19-11-26-28(3)13-19)25-22-14-29(17(2)32)8-6-24(22)31(27-25)20-7-9-33-15-20/h4-5,10-11,13,16,20H,6-9,12,14-15H2,1-3H3. The average molecular weight is 447 g/mol. The Hall–Kier alpha value is -3.13. The number of hydrogen-bond donors (Lipinski definition) is 0. The lowest BCUT2D eigenvalue weighted by Crippen LogP contribution is -2.35. The molecule has 8 nitrogen and oxygen atoms in total. The molecule has 172 valence electrons. The Labute approximate surface area is 193 Å². The van der Waals surface area contributed by atoms with Crippen molar-refractivity contribution < 1.29 is 9.53 Å². The highest BCUT2D eigenvalue weighted by molar-refractivity contribution is 5.77. The third-order valence-electron chi connectivity index (χ3n) is 7.36. The second kappa shape index (κ2) is 7.73. The maximum atomic E-state index is 12.2. The molecule has 1 aromatic carbocycles. The maximum Gasteiger partial charge on any atom is 0.219 e. The Bertz CT molecular complexity index is 1220. The van der Waals surface area contributed by atoms with Gasteiger partial charge in [-0.25, -0.2) is 0 Å². The van der Waals surface area contributed by atoms with Gasteiger partial charge in [0.1, 0.15) is 0 Å².